The van der Waals surface area contributed by atoms with Gasteiger partial charge in [-0.2, -0.15) is 0 Å². The predicted molar refractivity (Wildman–Crippen MR) is 112 cm³/mol. The summed E-state index contributed by atoms with van der Waals surface area (Å²) in [6, 6.07) is 15.8. The van der Waals surface area contributed by atoms with E-state index >= 15 is 0 Å². The maximum atomic E-state index is 6.29. The minimum atomic E-state index is 0.357. The highest BCUT2D eigenvalue weighted by molar-refractivity contribution is 6.31. The van der Waals surface area contributed by atoms with Crippen LogP contribution in [0.25, 0.3) is 23.2 Å². The molecular formula is C22H18ClN5O. The SMILES string of the molecule is C=Cc1ncn2c1Cn1c(COCc3ccccc3)nnc1-c1cc(Cl)ccc1-2. The van der Waals surface area contributed by atoms with Crippen molar-refractivity contribution in [2.75, 3.05) is 0 Å². The zero-order valence-corrected chi connectivity index (χ0v) is 16.4. The lowest BCUT2D eigenvalue weighted by molar-refractivity contribution is 0.0994. The molecule has 0 atom stereocenters. The normalized spacial score (nSPS) is 12.0. The van der Waals surface area contributed by atoms with E-state index in [0.29, 0.717) is 24.8 Å². The molecule has 6 nitrogen and oxygen atoms in total. The van der Waals surface area contributed by atoms with Gasteiger partial charge >= 0.3 is 0 Å². The number of ether oxygens (including phenoxy) is 1. The van der Waals surface area contributed by atoms with Crippen molar-refractivity contribution in [1.29, 1.82) is 0 Å². The molecule has 0 N–H and O–H groups in total. The summed E-state index contributed by atoms with van der Waals surface area (Å²) < 4.78 is 10.0. The molecule has 1 aliphatic heterocycles. The highest BCUT2D eigenvalue weighted by atomic mass is 35.5. The molecule has 5 rings (SSSR count). The number of halogens is 1. The second-order valence-electron chi connectivity index (χ2n) is 6.82. The van der Waals surface area contributed by atoms with Gasteiger partial charge in [0.15, 0.2) is 11.6 Å². The Kier molecular flexibility index (Phi) is 4.50. The van der Waals surface area contributed by atoms with Gasteiger partial charge in [-0.1, -0.05) is 48.5 Å². The summed E-state index contributed by atoms with van der Waals surface area (Å²) in [6.45, 7) is 5.34. The minimum absolute atomic E-state index is 0.357. The molecule has 0 saturated carbocycles. The molecule has 0 unspecified atom stereocenters. The first-order valence-corrected chi connectivity index (χ1v) is 9.65. The summed E-state index contributed by atoms with van der Waals surface area (Å²) in [5.41, 5.74) is 4.85. The Morgan fingerprint density at radius 2 is 1.97 bits per heavy atom. The molecule has 144 valence electrons. The van der Waals surface area contributed by atoms with Crippen molar-refractivity contribution in [3.8, 4) is 17.1 Å². The monoisotopic (exact) mass is 403 g/mol. The van der Waals surface area contributed by atoms with Crippen LogP contribution in [-0.2, 0) is 24.5 Å². The molecule has 0 radical (unpaired) electrons. The van der Waals surface area contributed by atoms with E-state index in [2.05, 4.69) is 30.9 Å². The van der Waals surface area contributed by atoms with Gasteiger partial charge < -0.3 is 13.9 Å². The smallest absolute Gasteiger partial charge is 0.166 e. The summed E-state index contributed by atoms with van der Waals surface area (Å²) in [7, 11) is 0. The van der Waals surface area contributed by atoms with E-state index < -0.39 is 0 Å². The van der Waals surface area contributed by atoms with Crippen LogP contribution in [0.1, 0.15) is 22.8 Å². The zero-order chi connectivity index (χ0) is 19.8. The van der Waals surface area contributed by atoms with Gasteiger partial charge in [0.05, 0.1) is 30.2 Å². The van der Waals surface area contributed by atoms with Gasteiger partial charge in [0, 0.05) is 10.6 Å². The Labute approximate surface area is 173 Å². The molecule has 29 heavy (non-hydrogen) atoms. The first-order chi connectivity index (χ1) is 14.2. The van der Waals surface area contributed by atoms with Crippen molar-refractivity contribution < 1.29 is 4.74 Å². The Hall–Kier alpha value is -3.22. The molecular weight excluding hydrogens is 386 g/mol. The maximum Gasteiger partial charge on any atom is 0.166 e. The molecule has 4 aromatic rings. The summed E-state index contributed by atoms with van der Waals surface area (Å²) in [5.74, 6) is 1.52. The van der Waals surface area contributed by atoms with E-state index in [9.17, 15) is 0 Å². The van der Waals surface area contributed by atoms with E-state index in [1.807, 2.05) is 54.9 Å². The molecule has 0 saturated heterocycles. The number of aromatic nitrogens is 5. The lowest BCUT2D eigenvalue weighted by Gasteiger charge is -2.09. The van der Waals surface area contributed by atoms with Crippen LogP contribution in [0.5, 0.6) is 0 Å². The predicted octanol–water partition coefficient (Wildman–Crippen LogP) is 4.51. The standard InChI is InChI=1S/C22H18ClN5O/c1-2-18-20-11-27-21(13-29-12-15-6-4-3-5-7-15)25-26-22(27)17-10-16(23)8-9-19(17)28(20)14-24-18/h2-10,14H,1,11-13H2. The fourth-order valence-electron chi connectivity index (χ4n) is 3.61. The molecule has 3 heterocycles. The molecule has 0 aliphatic carbocycles. The number of hydrogen-bond acceptors (Lipinski definition) is 4. The van der Waals surface area contributed by atoms with Crippen LogP contribution in [0.4, 0.5) is 0 Å². The van der Waals surface area contributed by atoms with Gasteiger partial charge in [-0.15, -0.1) is 10.2 Å². The topological polar surface area (TPSA) is 57.8 Å². The first-order valence-electron chi connectivity index (χ1n) is 9.27. The molecule has 0 spiro atoms. The second-order valence-corrected chi connectivity index (χ2v) is 7.25. The third kappa shape index (κ3) is 3.16. The highest BCUT2D eigenvalue weighted by Crippen LogP contribution is 2.34. The van der Waals surface area contributed by atoms with Crippen LogP contribution < -0.4 is 0 Å². The number of imidazole rings is 1. The molecule has 7 heteroatoms. The molecule has 2 aromatic carbocycles. The third-order valence-electron chi connectivity index (χ3n) is 5.03. The first kappa shape index (κ1) is 17.8. The Morgan fingerprint density at radius 1 is 1.10 bits per heavy atom. The van der Waals surface area contributed by atoms with Crippen LogP contribution in [0, 0.1) is 0 Å². The van der Waals surface area contributed by atoms with E-state index in [1.165, 1.54) is 0 Å². The van der Waals surface area contributed by atoms with Crippen molar-refractivity contribution in [2.24, 2.45) is 0 Å². The van der Waals surface area contributed by atoms with E-state index in [0.717, 1.165) is 39.9 Å². The summed E-state index contributed by atoms with van der Waals surface area (Å²) in [6.07, 6.45) is 3.58. The van der Waals surface area contributed by atoms with E-state index in [4.69, 9.17) is 16.3 Å². The lowest BCUT2D eigenvalue weighted by atomic mass is 10.1. The zero-order valence-electron chi connectivity index (χ0n) is 15.6. The summed E-state index contributed by atoms with van der Waals surface area (Å²) in [5, 5.41) is 9.51. The largest absolute Gasteiger partial charge is 0.369 e. The Balaban J connectivity index is 1.54. The van der Waals surface area contributed by atoms with Crippen molar-refractivity contribution in [2.45, 2.75) is 19.8 Å². The fourth-order valence-corrected chi connectivity index (χ4v) is 3.78. The number of hydrogen-bond donors (Lipinski definition) is 0. The average molecular weight is 404 g/mol. The van der Waals surface area contributed by atoms with E-state index in [-0.39, 0.29) is 0 Å². The van der Waals surface area contributed by atoms with Crippen molar-refractivity contribution in [1.82, 2.24) is 24.3 Å². The van der Waals surface area contributed by atoms with Crippen LogP contribution in [-0.4, -0.2) is 24.3 Å². The van der Waals surface area contributed by atoms with Gasteiger partial charge in [-0.3, -0.25) is 0 Å². The van der Waals surface area contributed by atoms with Crippen molar-refractivity contribution in [3.05, 3.63) is 89.2 Å². The lowest BCUT2D eigenvalue weighted by Crippen LogP contribution is -2.09. The van der Waals surface area contributed by atoms with Gasteiger partial charge in [-0.25, -0.2) is 4.98 Å². The fraction of sp³-hybridized carbons (Fsp3) is 0.136. The number of rotatable bonds is 5. The minimum Gasteiger partial charge on any atom is -0.369 e. The molecule has 0 bridgehead atoms. The highest BCUT2D eigenvalue weighted by Gasteiger charge is 2.25. The quantitative estimate of drug-likeness (QED) is 0.433. The van der Waals surface area contributed by atoms with Crippen LogP contribution in [0.2, 0.25) is 5.02 Å². The summed E-state index contributed by atoms with van der Waals surface area (Å²) >= 11 is 6.29. The summed E-state index contributed by atoms with van der Waals surface area (Å²) in [4.78, 5) is 4.49. The van der Waals surface area contributed by atoms with Crippen molar-refractivity contribution >= 4 is 17.7 Å². The van der Waals surface area contributed by atoms with Gasteiger partial charge in [0.1, 0.15) is 12.9 Å². The van der Waals surface area contributed by atoms with Crippen LogP contribution in [0.15, 0.2) is 61.4 Å². The van der Waals surface area contributed by atoms with Gasteiger partial charge in [0.25, 0.3) is 0 Å². The average Bonchev–Trinajstić information content (AvgIpc) is 3.30. The van der Waals surface area contributed by atoms with Gasteiger partial charge in [-0.05, 0) is 29.8 Å². The maximum absolute atomic E-state index is 6.29. The Bertz CT molecular complexity index is 1200. The van der Waals surface area contributed by atoms with E-state index in [1.54, 1.807) is 6.08 Å². The second kappa shape index (κ2) is 7.31. The number of fused-ring (bicyclic) bond motifs is 5. The van der Waals surface area contributed by atoms with Crippen LogP contribution in [0.3, 0.4) is 0 Å². The third-order valence-corrected chi connectivity index (χ3v) is 5.26. The number of nitrogens with zero attached hydrogens (tertiary/aromatic N) is 5. The van der Waals surface area contributed by atoms with Gasteiger partial charge in [0.2, 0.25) is 0 Å². The molecule has 0 amide bonds. The molecule has 1 aliphatic rings. The Morgan fingerprint density at radius 3 is 2.79 bits per heavy atom. The molecule has 0 fully saturated rings. The number of benzene rings is 2. The van der Waals surface area contributed by atoms with Crippen molar-refractivity contribution in [3.63, 3.8) is 0 Å². The molecule has 2 aromatic heterocycles. The van der Waals surface area contributed by atoms with Crippen LogP contribution >= 0.6 is 11.6 Å².